The van der Waals surface area contributed by atoms with Gasteiger partial charge in [0.15, 0.2) is 0 Å². The number of nitrogens with one attached hydrogen (secondary N) is 1. The van der Waals surface area contributed by atoms with Crippen molar-refractivity contribution in [3.63, 3.8) is 0 Å². The van der Waals surface area contributed by atoms with Crippen LogP contribution >= 0.6 is 0 Å². The van der Waals surface area contributed by atoms with Crippen molar-refractivity contribution >= 4 is 15.7 Å². The van der Waals surface area contributed by atoms with E-state index in [0.29, 0.717) is 18.8 Å². The monoisotopic (exact) mass is 284 g/mol. The van der Waals surface area contributed by atoms with E-state index in [4.69, 9.17) is 0 Å². The van der Waals surface area contributed by atoms with E-state index >= 15 is 0 Å². The largest absolute Gasteiger partial charge is 0.395 e. The molecule has 0 saturated carbocycles. The van der Waals surface area contributed by atoms with E-state index in [0.717, 1.165) is 12.8 Å². The van der Waals surface area contributed by atoms with Gasteiger partial charge in [0.25, 0.3) is 0 Å². The Morgan fingerprint density at radius 3 is 2.84 bits per heavy atom. The Morgan fingerprint density at radius 2 is 2.16 bits per heavy atom. The van der Waals surface area contributed by atoms with Gasteiger partial charge in [-0.05, 0) is 31.9 Å². The first kappa shape index (κ1) is 14.3. The third-order valence-corrected chi connectivity index (χ3v) is 5.38. The lowest BCUT2D eigenvalue weighted by Gasteiger charge is -2.23. The number of rotatable bonds is 5. The highest BCUT2D eigenvalue weighted by Crippen LogP contribution is 2.29. The molecule has 0 spiro atoms. The van der Waals surface area contributed by atoms with E-state index in [1.54, 1.807) is 18.2 Å². The van der Waals surface area contributed by atoms with E-state index in [-0.39, 0.29) is 17.5 Å². The fraction of sp³-hybridized carbons (Fsp3) is 0.538. The first-order chi connectivity index (χ1) is 9.11. The first-order valence-electron chi connectivity index (χ1n) is 6.57. The van der Waals surface area contributed by atoms with Crippen molar-refractivity contribution in [2.24, 2.45) is 0 Å². The quantitative estimate of drug-likeness (QED) is 0.854. The van der Waals surface area contributed by atoms with Crippen LogP contribution in [-0.2, 0) is 10.0 Å². The minimum absolute atomic E-state index is 0.122. The minimum Gasteiger partial charge on any atom is -0.395 e. The molecule has 1 heterocycles. The number of aliphatic hydroxyl groups excluding tert-OH is 1. The van der Waals surface area contributed by atoms with E-state index in [1.807, 2.05) is 13.0 Å². The average molecular weight is 284 g/mol. The molecule has 5 nitrogen and oxygen atoms in total. The summed E-state index contributed by atoms with van der Waals surface area (Å²) in [6.45, 7) is 2.95. The Bertz CT molecular complexity index is 530. The van der Waals surface area contributed by atoms with Crippen molar-refractivity contribution in [2.75, 3.05) is 25.0 Å². The topological polar surface area (TPSA) is 69.6 Å². The van der Waals surface area contributed by atoms with Gasteiger partial charge in [0, 0.05) is 19.1 Å². The second-order valence-corrected chi connectivity index (χ2v) is 6.48. The van der Waals surface area contributed by atoms with Gasteiger partial charge >= 0.3 is 0 Å². The lowest BCUT2D eigenvalue weighted by atomic mass is 10.2. The molecule has 1 unspecified atom stereocenters. The molecule has 0 aliphatic carbocycles. The number of hydrogen-bond acceptors (Lipinski definition) is 4. The summed E-state index contributed by atoms with van der Waals surface area (Å²) in [6.07, 6.45) is 1.52. The van der Waals surface area contributed by atoms with Crippen molar-refractivity contribution in [3.05, 3.63) is 24.3 Å². The van der Waals surface area contributed by atoms with Gasteiger partial charge in [-0.1, -0.05) is 12.1 Å². The zero-order valence-electron chi connectivity index (χ0n) is 11.0. The second kappa shape index (κ2) is 5.90. The molecule has 1 saturated heterocycles. The number of anilines is 1. The van der Waals surface area contributed by atoms with Crippen LogP contribution in [0.25, 0.3) is 0 Å². The molecule has 1 aliphatic rings. The maximum absolute atomic E-state index is 12.7. The standard InChI is InChI=1S/C13H20N2O3S/c1-2-14-12-7-3-4-8-13(12)19(17,18)15-9-5-6-11(15)10-16/h3-4,7-8,11,14,16H,2,5-6,9-10H2,1H3. The maximum atomic E-state index is 12.7. The molecule has 2 rings (SSSR count). The van der Waals surface area contributed by atoms with Gasteiger partial charge in [-0.15, -0.1) is 0 Å². The van der Waals surface area contributed by atoms with Gasteiger partial charge in [0.2, 0.25) is 10.0 Å². The minimum atomic E-state index is -3.54. The van der Waals surface area contributed by atoms with E-state index in [2.05, 4.69) is 5.32 Å². The molecule has 0 amide bonds. The zero-order valence-corrected chi connectivity index (χ0v) is 11.9. The van der Waals surface area contributed by atoms with Crippen LogP contribution in [0.5, 0.6) is 0 Å². The lowest BCUT2D eigenvalue weighted by Crippen LogP contribution is -2.37. The molecule has 106 valence electrons. The van der Waals surface area contributed by atoms with Crippen molar-refractivity contribution < 1.29 is 13.5 Å². The van der Waals surface area contributed by atoms with Crippen LogP contribution in [-0.4, -0.2) is 43.6 Å². The summed E-state index contributed by atoms with van der Waals surface area (Å²) in [6, 6.07) is 6.61. The Morgan fingerprint density at radius 1 is 1.42 bits per heavy atom. The molecule has 6 heteroatoms. The molecule has 1 fully saturated rings. The first-order valence-corrected chi connectivity index (χ1v) is 8.01. The molecule has 19 heavy (non-hydrogen) atoms. The van der Waals surface area contributed by atoms with Crippen LogP contribution in [0.15, 0.2) is 29.2 Å². The number of benzene rings is 1. The molecular formula is C13H20N2O3S. The number of nitrogens with zero attached hydrogens (tertiary/aromatic N) is 1. The van der Waals surface area contributed by atoms with Gasteiger partial charge in [-0.2, -0.15) is 4.31 Å². The Balaban J connectivity index is 2.39. The van der Waals surface area contributed by atoms with Crippen molar-refractivity contribution in [3.8, 4) is 0 Å². The summed E-state index contributed by atoms with van der Waals surface area (Å²) < 4.78 is 26.8. The third-order valence-electron chi connectivity index (χ3n) is 3.37. The summed E-state index contributed by atoms with van der Waals surface area (Å²) in [5.41, 5.74) is 0.619. The summed E-state index contributed by atoms with van der Waals surface area (Å²) in [5, 5.41) is 12.4. The molecule has 0 bridgehead atoms. The smallest absolute Gasteiger partial charge is 0.245 e. The predicted molar refractivity (Wildman–Crippen MR) is 74.6 cm³/mol. The Labute approximate surface area is 114 Å². The number of aliphatic hydroxyl groups is 1. The SMILES string of the molecule is CCNc1ccccc1S(=O)(=O)N1CCCC1CO. The molecule has 1 aliphatic heterocycles. The van der Waals surface area contributed by atoms with Crippen LogP contribution in [0, 0.1) is 0 Å². The molecule has 2 N–H and O–H groups in total. The van der Waals surface area contributed by atoms with Gasteiger partial charge in [0.1, 0.15) is 4.90 Å². The Hall–Kier alpha value is -1.11. The highest BCUT2D eigenvalue weighted by molar-refractivity contribution is 7.89. The molecule has 0 aromatic heterocycles. The molecular weight excluding hydrogens is 264 g/mol. The summed E-state index contributed by atoms with van der Waals surface area (Å²) >= 11 is 0. The van der Waals surface area contributed by atoms with Gasteiger partial charge in [0.05, 0.1) is 12.3 Å². The average Bonchev–Trinajstić information content (AvgIpc) is 2.88. The van der Waals surface area contributed by atoms with Crippen LogP contribution in [0.3, 0.4) is 0 Å². The van der Waals surface area contributed by atoms with Crippen LogP contribution in [0.2, 0.25) is 0 Å². The van der Waals surface area contributed by atoms with Crippen molar-refractivity contribution in [2.45, 2.75) is 30.7 Å². The highest BCUT2D eigenvalue weighted by Gasteiger charge is 2.35. The molecule has 1 aromatic carbocycles. The summed E-state index contributed by atoms with van der Waals surface area (Å²) in [7, 11) is -3.54. The predicted octanol–water partition coefficient (Wildman–Crippen LogP) is 1.26. The lowest BCUT2D eigenvalue weighted by molar-refractivity contribution is 0.213. The van der Waals surface area contributed by atoms with Gasteiger partial charge in [-0.25, -0.2) is 8.42 Å². The van der Waals surface area contributed by atoms with Crippen molar-refractivity contribution in [1.82, 2.24) is 4.31 Å². The van der Waals surface area contributed by atoms with Crippen LogP contribution < -0.4 is 5.32 Å². The summed E-state index contributed by atoms with van der Waals surface area (Å²) in [5.74, 6) is 0. The Kier molecular flexibility index (Phi) is 4.44. The third kappa shape index (κ3) is 2.75. The molecule has 0 radical (unpaired) electrons. The van der Waals surface area contributed by atoms with Crippen LogP contribution in [0.1, 0.15) is 19.8 Å². The second-order valence-electron chi connectivity index (χ2n) is 4.62. The molecule has 1 aromatic rings. The van der Waals surface area contributed by atoms with Gasteiger partial charge in [-0.3, -0.25) is 0 Å². The van der Waals surface area contributed by atoms with Gasteiger partial charge < -0.3 is 10.4 Å². The number of para-hydroxylation sites is 1. The summed E-state index contributed by atoms with van der Waals surface area (Å²) in [4.78, 5) is 0.289. The number of hydrogen-bond donors (Lipinski definition) is 2. The normalized spacial score (nSPS) is 20.6. The van der Waals surface area contributed by atoms with E-state index in [9.17, 15) is 13.5 Å². The fourth-order valence-corrected chi connectivity index (χ4v) is 4.32. The van der Waals surface area contributed by atoms with E-state index < -0.39 is 10.0 Å². The fourth-order valence-electron chi connectivity index (χ4n) is 2.46. The maximum Gasteiger partial charge on any atom is 0.245 e. The molecule has 1 atom stereocenters. The number of sulfonamides is 1. The van der Waals surface area contributed by atoms with Crippen molar-refractivity contribution in [1.29, 1.82) is 0 Å². The zero-order chi connectivity index (χ0) is 13.9. The van der Waals surface area contributed by atoms with E-state index in [1.165, 1.54) is 4.31 Å². The van der Waals surface area contributed by atoms with Crippen LogP contribution in [0.4, 0.5) is 5.69 Å². The highest BCUT2D eigenvalue weighted by atomic mass is 32.2.